The molecule has 2 rings (SSSR count). The quantitative estimate of drug-likeness (QED) is 0.325. The van der Waals surface area contributed by atoms with Crippen LogP contribution in [0.25, 0.3) is 0 Å². The molecule has 1 saturated carbocycles. The molecule has 0 amide bonds. The smallest absolute Gasteiger partial charge is 0.191 e. The van der Waals surface area contributed by atoms with Gasteiger partial charge in [-0.3, -0.25) is 4.99 Å². The van der Waals surface area contributed by atoms with Crippen molar-refractivity contribution in [1.29, 1.82) is 0 Å². The predicted octanol–water partition coefficient (Wildman–Crippen LogP) is 3.26. The zero-order valence-corrected chi connectivity index (χ0v) is 20.7. The summed E-state index contributed by atoms with van der Waals surface area (Å²) in [6.45, 7) is 17.6. The van der Waals surface area contributed by atoms with Crippen LogP contribution >= 0.6 is 24.0 Å². The number of hydrogen-bond donors (Lipinski definition) is 2. The van der Waals surface area contributed by atoms with Crippen molar-refractivity contribution in [3.05, 3.63) is 0 Å². The molecular weight excluding hydrogens is 449 g/mol. The molecule has 5 nitrogen and oxygen atoms in total. The number of nitrogens with one attached hydrogen (secondary N) is 2. The van der Waals surface area contributed by atoms with E-state index in [2.05, 4.69) is 53.1 Å². The van der Waals surface area contributed by atoms with Gasteiger partial charge in [0.05, 0.1) is 0 Å². The van der Waals surface area contributed by atoms with Crippen LogP contribution in [-0.4, -0.2) is 74.7 Å². The first-order valence-electron chi connectivity index (χ1n) is 10.9. The third-order valence-corrected chi connectivity index (χ3v) is 6.38. The Bertz CT molecular complexity index is 413. The highest BCUT2D eigenvalue weighted by Crippen LogP contribution is 2.29. The van der Waals surface area contributed by atoms with Gasteiger partial charge in [-0.15, -0.1) is 24.0 Å². The van der Waals surface area contributed by atoms with Crippen LogP contribution in [0.2, 0.25) is 0 Å². The van der Waals surface area contributed by atoms with E-state index in [-0.39, 0.29) is 24.0 Å². The fraction of sp³-hybridized carbons (Fsp3) is 0.952. The van der Waals surface area contributed by atoms with E-state index in [4.69, 9.17) is 0 Å². The second-order valence-electron chi connectivity index (χ2n) is 8.79. The molecule has 2 N–H and O–H groups in total. The standard InChI is InChI=1S/C21H43N5.HI/c1-6-25-11-13-26(14-12-25)16-18(4)15-23-21(22-5)24-20-9-7-19(8-10-20)17(2)3;/h17-20H,6-16H2,1-5H3,(H2,22,23,24);1H. The number of nitrogens with zero attached hydrogens (tertiary/aromatic N) is 3. The van der Waals surface area contributed by atoms with Gasteiger partial charge in [0.2, 0.25) is 0 Å². The summed E-state index contributed by atoms with van der Waals surface area (Å²) >= 11 is 0. The molecular formula is C21H44IN5. The molecule has 0 aromatic rings. The van der Waals surface area contributed by atoms with Gasteiger partial charge in [-0.25, -0.2) is 0 Å². The summed E-state index contributed by atoms with van der Waals surface area (Å²) in [6.07, 6.45) is 5.26. The van der Waals surface area contributed by atoms with Gasteiger partial charge in [0.1, 0.15) is 0 Å². The third-order valence-electron chi connectivity index (χ3n) is 6.38. The first kappa shape index (κ1) is 25.0. The van der Waals surface area contributed by atoms with Gasteiger partial charge in [-0.05, 0) is 50.0 Å². The number of aliphatic imine (C=N–C) groups is 1. The van der Waals surface area contributed by atoms with Gasteiger partial charge in [-0.1, -0.05) is 27.7 Å². The first-order valence-corrected chi connectivity index (χ1v) is 10.9. The van der Waals surface area contributed by atoms with E-state index >= 15 is 0 Å². The molecule has 0 spiro atoms. The highest BCUT2D eigenvalue weighted by atomic mass is 127. The molecule has 1 atom stereocenters. The Morgan fingerprint density at radius 1 is 1.00 bits per heavy atom. The van der Waals surface area contributed by atoms with Gasteiger partial charge >= 0.3 is 0 Å². The van der Waals surface area contributed by atoms with Crippen molar-refractivity contribution in [3.8, 4) is 0 Å². The summed E-state index contributed by atoms with van der Waals surface area (Å²) in [5, 5.41) is 7.22. The fourth-order valence-corrected chi connectivity index (χ4v) is 4.38. The van der Waals surface area contributed by atoms with E-state index in [0.29, 0.717) is 12.0 Å². The second-order valence-corrected chi connectivity index (χ2v) is 8.79. The molecule has 1 aliphatic carbocycles. The Morgan fingerprint density at radius 2 is 1.59 bits per heavy atom. The lowest BCUT2D eigenvalue weighted by Crippen LogP contribution is -2.49. The summed E-state index contributed by atoms with van der Waals surface area (Å²) < 4.78 is 0. The van der Waals surface area contributed by atoms with Crippen molar-refractivity contribution in [2.24, 2.45) is 22.7 Å². The molecule has 27 heavy (non-hydrogen) atoms. The van der Waals surface area contributed by atoms with Crippen molar-refractivity contribution < 1.29 is 0 Å². The molecule has 0 radical (unpaired) electrons. The van der Waals surface area contributed by atoms with E-state index < -0.39 is 0 Å². The summed E-state index contributed by atoms with van der Waals surface area (Å²) in [6, 6.07) is 0.591. The minimum absolute atomic E-state index is 0. The van der Waals surface area contributed by atoms with E-state index in [0.717, 1.165) is 24.3 Å². The molecule has 2 fully saturated rings. The lowest BCUT2D eigenvalue weighted by molar-refractivity contribution is 0.124. The average molecular weight is 494 g/mol. The molecule has 0 aromatic carbocycles. The van der Waals surface area contributed by atoms with Crippen LogP contribution in [-0.2, 0) is 0 Å². The Hall–Kier alpha value is -0.0800. The Labute approximate surface area is 185 Å². The maximum absolute atomic E-state index is 4.45. The van der Waals surface area contributed by atoms with Crippen LogP contribution < -0.4 is 10.6 Å². The number of halogens is 1. The molecule has 0 bridgehead atoms. The summed E-state index contributed by atoms with van der Waals surface area (Å²) in [4.78, 5) is 9.60. The van der Waals surface area contributed by atoms with Crippen molar-refractivity contribution >= 4 is 29.9 Å². The molecule has 1 unspecified atom stereocenters. The van der Waals surface area contributed by atoms with E-state index in [1.807, 2.05) is 7.05 Å². The summed E-state index contributed by atoms with van der Waals surface area (Å²) in [5.74, 6) is 3.36. The van der Waals surface area contributed by atoms with Crippen LogP contribution in [0.15, 0.2) is 4.99 Å². The van der Waals surface area contributed by atoms with E-state index in [1.165, 1.54) is 65.0 Å². The third kappa shape index (κ3) is 8.86. The Balaban J connectivity index is 0.00000364. The molecule has 6 heteroatoms. The number of likely N-dealkylation sites (N-methyl/N-ethyl adjacent to an activating group) is 1. The minimum Gasteiger partial charge on any atom is -0.356 e. The summed E-state index contributed by atoms with van der Waals surface area (Å²) in [5.41, 5.74) is 0. The topological polar surface area (TPSA) is 42.9 Å². The second kappa shape index (κ2) is 13.2. The van der Waals surface area contributed by atoms with Crippen LogP contribution in [0, 0.1) is 17.8 Å². The van der Waals surface area contributed by atoms with Gasteiger partial charge < -0.3 is 20.4 Å². The normalized spacial score (nSPS) is 26.5. The maximum atomic E-state index is 4.45. The first-order chi connectivity index (χ1) is 12.5. The fourth-order valence-electron chi connectivity index (χ4n) is 4.38. The lowest BCUT2D eigenvalue weighted by Gasteiger charge is -2.35. The molecule has 1 saturated heterocycles. The van der Waals surface area contributed by atoms with Gasteiger partial charge in [-0.2, -0.15) is 0 Å². The molecule has 2 aliphatic rings. The maximum Gasteiger partial charge on any atom is 0.191 e. The van der Waals surface area contributed by atoms with Crippen molar-refractivity contribution in [2.45, 2.75) is 59.4 Å². The largest absolute Gasteiger partial charge is 0.356 e. The monoisotopic (exact) mass is 493 g/mol. The van der Waals surface area contributed by atoms with E-state index in [9.17, 15) is 0 Å². The van der Waals surface area contributed by atoms with Crippen molar-refractivity contribution in [2.75, 3.05) is 52.9 Å². The summed E-state index contributed by atoms with van der Waals surface area (Å²) in [7, 11) is 1.89. The minimum atomic E-state index is 0. The van der Waals surface area contributed by atoms with E-state index in [1.54, 1.807) is 0 Å². The number of hydrogen-bond acceptors (Lipinski definition) is 3. The van der Waals surface area contributed by atoms with Crippen molar-refractivity contribution in [3.63, 3.8) is 0 Å². The zero-order chi connectivity index (χ0) is 18.9. The zero-order valence-electron chi connectivity index (χ0n) is 18.3. The number of piperazine rings is 1. The van der Waals surface area contributed by atoms with Crippen LogP contribution in [0.1, 0.15) is 53.4 Å². The van der Waals surface area contributed by atoms with Crippen LogP contribution in [0.4, 0.5) is 0 Å². The number of rotatable bonds is 7. The highest BCUT2D eigenvalue weighted by molar-refractivity contribution is 14.0. The Morgan fingerprint density at radius 3 is 2.11 bits per heavy atom. The van der Waals surface area contributed by atoms with Crippen LogP contribution in [0.5, 0.6) is 0 Å². The van der Waals surface area contributed by atoms with Gasteiger partial charge in [0, 0.05) is 52.4 Å². The predicted molar refractivity (Wildman–Crippen MR) is 128 cm³/mol. The Kier molecular flexibility index (Phi) is 12.2. The average Bonchev–Trinajstić information content (AvgIpc) is 2.66. The SMILES string of the molecule is CCN1CCN(CC(C)CNC(=NC)NC2CCC(C(C)C)CC2)CC1.I. The van der Waals surface area contributed by atoms with Crippen LogP contribution in [0.3, 0.4) is 0 Å². The van der Waals surface area contributed by atoms with Crippen molar-refractivity contribution in [1.82, 2.24) is 20.4 Å². The molecule has 0 aromatic heterocycles. The number of guanidine groups is 1. The molecule has 1 heterocycles. The van der Waals surface area contributed by atoms with Gasteiger partial charge in [0.25, 0.3) is 0 Å². The van der Waals surface area contributed by atoms with Gasteiger partial charge in [0.15, 0.2) is 5.96 Å². The molecule has 1 aliphatic heterocycles. The lowest BCUT2D eigenvalue weighted by atomic mass is 9.80. The highest BCUT2D eigenvalue weighted by Gasteiger charge is 2.24. The molecule has 160 valence electrons.